The Balaban J connectivity index is 2.17. The van der Waals surface area contributed by atoms with Crippen molar-refractivity contribution in [1.82, 2.24) is 5.32 Å². The molecule has 18 heavy (non-hydrogen) atoms. The lowest BCUT2D eigenvalue weighted by molar-refractivity contribution is 0.586. The van der Waals surface area contributed by atoms with Crippen LogP contribution in [0.1, 0.15) is 31.7 Å². The molecule has 3 nitrogen and oxygen atoms in total. The van der Waals surface area contributed by atoms with Gasteiger partial charge in [0.05, 0.1) is 11.5 Å². The van der Waals surface area contributed by atoms with Crippen LogP contribution in [0.2, 0.25) is 0 Å². The monoisotopic (exact) mass is 269 g/mol. The molecular formula is C14H23NO2S. The van der Waals surface area contributed by atoms with Crippen LogP contribution in [0.25, 0.3) is 0 Å². The Morgan fingerprint density at radius 2 is 1.78 bits per heavy atom. The standard InChI is InChI=1S/C14H23NO2S/c1-2-3-7-11-18(16,17)12-10-15-13-14-8-5-4-6-9-14/h4-6,8-9,15H,2-3,7,10-13H2,1H3. The summed E-state index contributed by atoms with van der Waals surface area (Å²) in [7, 11) is -2.87. The van der Waals surface area contributed by atoms with Crippen LogP contribution in [0.5, 0.6) is 0 Å². The second-order valence-electron chi connectivity index (χ2n) is 4.52. The first-order chi connectivity index (χ1) is 8.64. The van der Waals surface area contributed by atoms with Crippen LogP contribution < -0.4 is 5.32 Å². The first kappa shape index (κ1) is 15.2. The highest BCUT2D eigenvalue weighted by molar-refractivity contribution is 7.91. The Labute approximate surface area is 111 Å². The zero-order chi connectivity index (χ0) is 13.3. The molecule has 1 rings (SSSR count). The molecule has 0 saturated heterocycles. The van der Waals surface area contributed by atoms with Gasteiger partial charge in [0.2, 0.25) is 0 Å². The Morgan fingerprint density at radius 3 is 2.44 bits per heavy atom. The summed E-state index contributed by atoms with van der Waals surface area (Å²) in [6.45, 7) is 3.34. The molecule has 0 unspecified atom stereocenters. The largest absolute Gasteiger partial charge is 0.312 e. The molecule has 1 N–H and O–H groups in total. The first-order valence-corrected chi connectivity index (χ1v) is 8.41. The third kappa shape index (κ3) is 6.77. The van der Waals surface area contributed by atoms with Crippen molar-refractivity contribution in [2.24, 2.45) is 0 Å². The van der Waals surface area contributed by atoms with Crippen molar-refractivity contribution in [2.45, 2.75) is 32.7 Å². The van der Waals surface area contributed by atoms with Crippen LogP contribution in [-0.2, 0) is 16.4 Å². The van der Waals surface area contributed by atoms with E-state index >= 15 is 0 Å². The van der Waals surface area contributed by atoms with Crippen molar-refractivity contribution in [1.29, 1.82) is 0 Å². The topological polar surface area (TPSA) is 46.2 Å². The fraction of sp³-hybridized carbons (Fsp3) is 0.571. The zero-order valence-corrected chi connectivity index (χ0v) is 11.9. The van der Waals surface area contributed by atoms with E-state index in [9.17, 15) is 8.42 Å². The van der Waals surface area contributed by atoms with Crippen LogP contribution >= 0.6 is 0 Å². The van der Waals surface area contributed by atoms with Gasteiger partial charge in [-0.25, -0.2) is 8.42 Å². The van der Waals surface area contributed by atoms with E-state index in [0.717, 1.165) is 25.8 Å². The fourth-order valence-corrected chi connectivity index (χ4v) is 3.03. The normalized spacial score (nSPS) is 11.6. The molecule has 0 heterocycles. The quantitative estimate of drug-likeness (QED) is 0.700. The maximum Gasteiger partial charge on any atom is 0.151 e. The molecule has 0 fully saturated rings. The Hall–Kier alpha value is -0.870. The van der Waals surface area contributed by atoms with Crippen LogP contribution in [0.15, 0.2) is 30.3 Å². The Kier molecular flexibility index (Phi) is 6.98. The van der Waals surface area contributed by atoms with Crippen molar-refractivity contribution in [2.75, 3.05) is 18.1 Å². The Morgan fingerprint density at radius 1 is 1.06 bits per heavy atom. The molecule has 1 aromatic rings. The highest BCUT2D eigenvalue weighted by Gasteiger charge is 2.09. The number of hydrogen-bond acceptors (Lipinski definition) is 3. The lowest BCUT2D eigenvalue weighted by atomic mass is 10.2. The summed E-state index contributed by atoms with van der Waals surface area (Å²) in [5.41, 5.74) is 1.18. The fourth-order valence-electron chi connectivity index (χ4n) is 1.73. The summed E-state index contributed by atoms with van der Waals surface area (Å²) in [5.74, 6) is 0.567. The van der Waals surface area contributed by atoms with Crippen LogP contribution in [0, 0.1) is 0 Å². The van der Waals surface area contributed by atoms with Crippen molar-refractivity contribution in [3.63, 3.8) is 0 Å². The van der Waals surface area contributed by atoms with E-state index < -0.39 is 9.84 Å². The lowest BCUT2D eigenvalue weighted by Crippen LogP contribution is -2.24. The molecule has 0 amide bonds. The number of rotatable bonds is 9. The molecule has 0 spiro atoms. The summed E-state index contributed by atoms with van der Waals surface area (Å²) in [6.07, 6.45) is 2.84. The molecule has 0 saturated carbocycles. The summed E-state index contributed by atoms with van der Waals surface area (Å²) in [5, 5.41) is 3.17. The minimum absolute atomic E-state index is 0.240. The lowest BCUT2D eigenvalue weighted by Gasteiger charge is -2.06. The van der Waals surface area contributed by atoms with Gasteiger partial charge in [0, 0.05) is 13.1 Å². The number of hydrogen-bond donors (Lipinski definition) is 1. The van der Waals surface area contributed by atoms with Crippen molar-refractivity contribution in [3.05, 3.63) is 35.9 Å². The Bertz CT molecular complexity index is 415. The maximum atomic E-state index is 11.7. The van der Waals surface area contributed by atoms with Crippen molar-refractivity contribution < 1.29 is 8.42 Å². The summed E-state index contributed by atoms with van der Waals surface area (Å²) >= 11 is 0. The molecule has 0 atom stereocenters. The molecule has 102 valence electrons. The summed E-state index contributed by atoms with van der Waals surface area (Å²) in [6, 6.07) is 10.0. The predicted octanol–water partition coefficient (Wildman–Crippen LogP) is 2.38. The second-order valence-corrected chi connectivity index (χ2v) is 6.82. The molecule has 0 bridgehead atoms. The van der Waals surface area contributed by atoms with Gasteiger partial charge in [-0.1, -0.05) is 50.1 Å². The first-order valence-electron chi connectivity index (χ1n) is 6.59. The summed E-state index contributed by atoms with van der Waals surface area (Å²) < 4.78 is 23.4. The SMILES string of the molecule is CCCCCS(=O)(=O)CCNCc1ccccc1. The number of nitrogens with one attached hydrogen (secondary N) is 1. The van der Waals surface area contributed by atoms with Gasteiger partial charge in [0.25, 0.3) is 0 Å². The smallest absolute Gasteiger partial charge is 0.151 e. The molecule has 4 heteroatoms. The highest BCUT2D eigenvalue weighted by atomic mass is 32.2. The van der Waals surface area contributed by atoms with E-state index in [1.165, 1.54) is 5.56 Å². The van der Waals surface area contributed by atoms with E-state index in [0.29, 0.717) is 12.3 Å². The molecule has 0 aliphatic rings. The van der Waals surface area contributed by atoms with Gasteiger partial charge in [-0.15, -0.1) is 0 Å². The van der Waals surface area contributed by atoms with Gasteiger partial charge in [-0.2, -0.15) is 0 Å². The molecular weight excluding hydrogens is 246 g/mol. The number of unbranched alkanes of at least 4 members (excludes halogenated alkanes) is 2. The van der Waals surface area contributed by atoms with Crippen molar-refractivity contribution >= 4 is 9.84 Å². The van der Waals surface area contributed by atoms with E-state index in [1.54, 1.807) is 0 Å². The highest BCUT2D eigenvalue weighted by Crippen LogP contribution is 2.00. The molecule has 1 aromatic carbocycles. The number of sulfone groups is 1. The maximum absolute atomic E-state index is 11.7. The average Bonchev–Trinajstić information content (AvgIpc) is 2.36. The van der Waals surface area contributed by atoms with Crippen LogP contribution in [-0.4, -0.2) is 26.5 Å². The van der Waals surface area contributed by atoms with Crippen LogP contribution in [0.4, 0.5) is 0 Å². The number of benzene rings is 1. The van der Waals surface area contributed by atoms with Crippen LogP contribution in [0.3, 0.4) is 0 Å². The minimum atomic E-state index is -2.87. The second kappa shape index (κ2) is 8.27. The van der Waals surface area contributed by atoms with Gasteiger partial charge in [0.1, 0.15) is 0 Å². The zero-order valence-electron chi connectivity index (χ0n) is 11.1. The van der Waals surface area contributed by atoms with E-state index in [2.05, 4.69) is 12.2 Å². The van der Waals surface area contributed by atoms with Crippen molar-refractivity contribution in [3.8, 4) is 0 Å². The van der Waals surface area contributed by atoms with E-state index in [1.807, 2.05) is 30.3 Å². The average molecular weight is 269 g/mol. The molecule has 0 radical (unpaired) electrons. The van der Waals surface area contributed by atoms with Gasteiger partial charge >= 0.3 is 0 Å². The molecule has 0 aromatic heterocycles. The molecule has 0 aliphatic heterocycles. The molecule has 0 aliphatic carbocycles. The van der Waals surface area contributed by atoms with E-state index in [4.69, 9.17) is 0 Å². The third-order valence-corrected chi connectivity index (χ3v) is 4.56. The minimum Gasteiger partial charge on any atom is -0.312 e. The van der Waals surface area contributed by atoms with Gasteiger partial charge in [-0.3, -0.25) is 0 Å². The van der Waals surface area contributed by atoms with Gasteiger partial charge < -0.3 is 5.32 Å². The third-order valence-electron chi connectivity index (χ3n) is 2.82. The summed E-state index contributed by atoms with van der Waals surface area (Å²) in [4.78, 5) is 0. The van der Waals surface area contributed by atoms with Gasteiger partial charge in [0.15, 0.2) is 9.84 Å². The predicted molar refractivity (Wildman–Crippen MR) is 76.3 cm³/mol. The van der Waals surface area contributed by atoms with E-state index in [-0.39, 0.29) is 5.75 Å². The van der Waals surface area contributed by atoms with Gasteiger partial charge in [-0.05, 0) is 12.0 Å².